The van der Waals surface area contributed by atoms with Gasteiger partial charge in [0.15, 0.2) is 5.69 Å². The van der Waals surface area contributed by atoms with Gasteiger partial charge in [0.25, 0.3) is 5.91 Å². The van der Waals surface area contributed by atoms with E-state index in [1.54, 1.807) is 18.2 Å². The molecule has 0 saturated carbocycles. The van der Waals surface area contributed by atoms with Crippen LogP contribution in [0.4, 0.5) is 5.69 Å². The van der Waals surface area contributed by atoms with Crippen molar-refractivity contribution >= 4 is 35.0 Å². The van der Waals surface area contributed by atoms with E-state index in [1.807, 2.05) is 5.43 Å². The molecule has 100 valence electrons. The number of nitrogens with zero attached hydrogens (tertiary/aromatic N) is 1. The molecule has 0 spiro atoms. The summed E-state index contributed by atoms with van der Waals surface area (Å²) < 4.78 is 5.02. The minimum atomic E-state index is -0.498. The fourth-order valence-electron chi connectivity index (χ4n) is 1.34. The van der Waals surface area contributed by atoms with Crippen molar-refractivity contribution in [2.45, 2.75) is 10.6 Å². The van der Waals surface area contributed by atoms with Crippen molar-refractivity contribution in [3.8, 4) is 0 Å². The zero-order valence-corrected chi connectivity index (χ0v) is 11.3. The lowest BCUT2D eigenvalue weighted by Gasteiger charge is -2.03. The maximum Gasteiger partial charge on any atom is 0.287 e. The standard InChI is InChI=1S/C11H11ClN4O2S/c12-8-2-1-6(13)3-10(8)19-5-7-4-9(16-18-7)11(17)15-14/h1-4H,5,13-14H2,(H,15,17). The minimum absolute atomic E-state index is 0.136. The molecule has 0 radical (unpaired) electrons. The van der Waals surface area contributed by atoms with Crippen LogP contribution in [0.2, 0.25) is 5.02 Å². The Morgan fingerprint density at radius 2 is 2.26 bits per heavy atom. The molecule has 0 aliphatic heterocycles. The van der Waals surface area contributed by atoms with Gasteiger partial charge in [-0.2, -0.15) is 0 Å². The zero-order valence-electron chi connectivity index (χ0n) is 9.72. The quantitative estimate of drug-likeness (QED) is 0.261. The van der Waals surface area contributed by atoms with Crippen LogP contribution in [-0.4, -0.2) is 11.1 Å². The Balaban J connectivity index is 2.04. The molecule has 8 heteroatoms. The van der Waals surface area contributed by atoms with Crippen molar-refractivity contribution in [3.05, 3.63) is 40.7 Å². The Bertz CT molecular complexity index is 602. The summed E-state index contributed by atoms with van der Waals surface area (Å²) in [7, 11) is 0. The Labute approximate surface area is 118 Å². The normalized spacial score (nSPS) is 10.4. The number of anilines is 1. The van der Waals surface area contributed by atoms with Crippen molar-refractivity contribution in [2.75, 3.05) is 5.73 Å². The zero-order chi connectivity index (χ0) is 13.8. The highest BCUT2D eigenvalue weighted by molar-refractivity contribution is 7.98. The number of hydrogen-bond acceptors (Lipinski definition) is 6. The van der Waals surface area contributed by atoms with Gasteiger partial charge < -0.3 is 10.3 Å². The molecule has 1 aromatic heterocycles. The van der Waals surface area contributed by atoms with Crippen LogP contribution >= 0.6 is 23.4 Å². The first-order valence-corrected chi connectivity index (χ1v) is 6.61. The van der Waals surface area contributed by atoms with Crippen molar-refractivity contribution < 1.29 is 9.32 Å². The number of halogens is 1. The average molecular weight is 299 g/mol. The van der Waals surface area contributed by atoms with E-state index in [9.17, 15) is 4.79 Å². The molecule has 5 N–H and O–H groups in total. The number of amides is 1. The molecule has 0 saturated heterocycles. The second-order valence-electron chi connectivity index (χ2n) is 3.63. The van der Waals surface area contributed by atoms with E-state index in [4.69, 9.17) is 27.7 Å². The van der Waals surface area contributed by atoms with E-state index in [0.29, 0.717) is 22.2 Å². The van der Waals surface area contributed by atoms with E-state index in [0.717, 1.165) is 4.90 Å². The summed E-state index contributed by atoms with van der Waals surface area (Å²) in [5, 5.41) is 4.21. The van der Waals surface area contributed by atoms with Gasteiger partial charge in [-0.05, 0) is 18.2 Å². The van der Waals surface area contributed by atoms with Crippen molar-refractivity contribution in [3.63, 3.8) is 0 Å². The third-order valence-electron chi connectivity index (χ3n) is 2.25. The Morgan fingerprint density at radius 3 is 3.00 bits per heavy atom. The third-order valence-corrected chi connectivity index (χ3v) is 3.77. The molecule has 0 atom stereocenters. The molecular weight excluding hydrogens is 288 g/mol. The summed E-state index contributed by atoms with van der Waals surface area (Å²) in [6, 6.07) is 6.75. The third kappa shape index (κ3) is 3.40. The van der Waals surface area contributed by atoms with Gasteiger partial charge in [-0.15, -0.1) is 11.8 Å². The summed E-state index contributed by atoms with van der Waals surface area (Å²) in [6.45, 7) is 0. The van der Waals surface area contributed by atoms with Gasteiger partial charge in [0.05, 0.1) is 10.8 Å². The van der Waals surface area contributed by atoms with Crippen molar-refractivity contribution in [2.24, 2.45) is 5.84 Å². The van der Waals surface area contributed by atoms with Crippen LogP contribution in [0.3, 0.4) is 0 Å². The minimum Gasteiger partial charge on any atom is -0.399 e. The number of nitrogen functional groups attached to an aromatic ring is 2. The monoisotopic (exact) mass is 298 g/mol. The first-order chi connectivity index (χ1) is 9.10. The summed E-state index contributed by atoms with van der Waals surface area (Å²) >= 11 is 7.48. The number of nitrogens with two attached hydrogens (primary N) is 2. The van der Waals surface area contributed by atoms with Gasteiger partial charge in [-0.25, -0.2) is 5.84 Å². The van der Waals surface area contributed by atoms with Crippen LogP contribution in [0.5, 0.6) is 0 Å². The number of carbonyl (C=O) groups excluding carboxylic acids is 1. The number of rotatable bonds is 4. The fourth-order valence-corrected chi connectivity index (χ4v) is 2.48. The maximum atomic E-state index is 11.2. The molecule has 0 bridgehead atoms. The number of nitrogens with one attached hydrogen (secondary N) is 1. The lowest BCUT2D eigenvalue weighted by molar-refractivity contribution is 0.0944. The van der Waals surface area contributed by atoms with Gasteiger partial charge in [0.1, 0.15) is 5.76 Å². The number of aromatic nitrogens is 1. The predicted molar refractivity (Wildman–Crippen MR) is 73.6 cm³/mol. The first kappa shape index (κ1) is 13.7. The van der Waals surface area contributed by atoms with Crippen molar-refractivity contribution in [1.82, 2.24) is 10.6 Å². The highest BCUT2D eigenvalue weighted by atomic mass is 35.5. The Hall–Kier alpha value is -1.70. The average Bonchev–Trinajstić information content (AvgIpc) is 2.88. The SMILES string of the molecule is NNC(=O)c1cc(CSc2cc(N)ccc2Cl)on1. The van der Waals surface area contributed by atoms with Gasteiger partial charge >= 0.3 is 0 Å². The molecule has 6 nitrogen and oxygen atoms in total. The van der Waals surface area contributed by atoms with Gasteiger partial charge in [-0.1, -0.05) is 16.8 Å². The summed E-state index contributed by atoms with van der Waals surface area (Å²) in [5.41, 5.74) is 8.43. The van der Waals surface area contributed by atoms with E-state index < -0.39 is 5.91 Å². The van der Waals surface area contributed by atoms with Crippen LogP contribution in [-0.2, 0) is 5.75 Å². The lowest BCUT2D eigenvalue weighted by Crippen LogP contribution is -2.30. The van der Waals surface area contributed by atoms with Crippen LogP contribution in [0.15, 0.2) is 33.7 Å². The van der Waals surface area contributed by atoms with E-state index in [2.05, 4.69) is 5.16 Å². The first-order valence-electron chi connectivity index (χ1n) is 5.24. The second kappa shape index (κ2) is 5.96. The van der Waals surface area contributed by atoms with Crippen LogP contribution in [0, 0.1) is 0 Å². The van der Waals surface area contributed by atoms with Gasteiger partial charge in [-0.3, -0.25) is 10.2 Å². The summed E-state index contributed by atoms with van der Waals surface area (Å²) in [4.78, 5) is 12.0. The highest BCUT2D eigenvalue weighted by Crippen LogP contribution is 2.31. The topological polar surface area (TPSA) is 107 Å². The second-order valence-corrected chi connectivity index (χ2v) is 5.05. The molecule has 1 aromatic carbocycles. The van der Waals surface area contributed by atoms with Crippen LogP contribution < -0.4 is 17.0 Å². The van der Waals surface area contributed by atoms with E-state index in [-0.39, 0.29) is 5.69 Å². The summed E-state index contributed by atoms with van der Waals surface area (Å²) in [5.74, 6) is 5.52. The molecule has 19 heavy (non-hydrogen) atoms. The summed E-state index contributed by atoms with van der Waals surface area (Å²) in [6.07, 6.45) is 0. The number of thioether (sulfide) groups is 1. The molecule has 0 unspecified atom stereocenters. The number of carbonyl (C=O) groups is 1. The van der Waals surface area contributed by atoms with Gasteiger partial charge in [0.2, 0.25) is 0 Å². The van der Waals surface area contributed by atoms with E-state index in [1.165, 1.54) is 17.8 Å². The molecule has 0 aliphatic rings. The van der Waals surface area contributed by atoms with Gasteiger partial charge in [0, 0.05) is 16.6 Å². The molecule has 0 aliphatic carbocycles. The largest absolute Gasteiger partial charge is 0.399 e. The van der Waals surface area contributed by atoms with Crippen molar-refractivity contribution in [1.29, 1.82) is 0 Å². The molecular formula is C11H11ClN4O2S. The molecule has 1 amide bonds. The van der Waals surface area contributed by atoms with Crippen LogP contribution in [0.1, 0.15) is 16.2 Å². The maximum absolute atomic E-state index is 11.2. The highest BCUT2D eigenvalue weighted by Gasteiger charge is 2.12. The molecule has 2 rings (SSSR count). The smallest absolute Gasteiger partial charge is 0.287 e. The molecule has 1 heterocycles. The number of hydrogen-bond donors (Lipinski definition) is 3. The Morgan fingerprint density at radius 1 is 1.47 bits per heavy atom. The number of hydrazine groups is 1. The number of benzene rings is 1. The molecule has 2 aromatic rings. The lowest BCUT2D eigenvalue weighted by atomic mass is 10.3. The molecule has 0 fully saturated rings. The van der Waals surface area contributed by atoms with Crippen LogP contribution in [0.25, 0.3) is 0 Å². The predicted octanol–water partition coefficient (Wildman–Crippen LogP) is 1.81. The Kier molecular flexibility index (Phi) is 4.31. The fraction of sp³-hybridized carbons (Fsp3) is 0.0909. The van der Waals surface area contributed by atoms with E-state index >= 15 is 0 Å².